The van der Waals surface area contributed by atoms with Crippen LogP contribution in [0, 0.1) is 11.3 Å². The van der Waals surface area contributed by atoms with Gasteiger partial charge in [0.05, 0.1) is 17.9 Å². The fraction of sp³-hybridized carbons (Fsp3) is 0.562. The molecule has 116 valence electrons. The van der Waals surface area contributed by atoms with E-state index >= 15 is 0 Å². The molecule has 0 aliphatic carbocycles. The van der Waals surface area contributed by atoms with Crippen molar-refractivity contribution in [3.05, 3.63) is 29.3 Å². The molecule has 5 heteroatoms. The maximum absolute atomic E-state index is 9.40. The SMILES string of the molecule is CNCc1ccc(N(CCCOC)CCOC)c(C#N)c1. The summed E-state index contributed by atoms with van der Waals surface area (Å²) in [6.45, 7) is 3.72. The third-order valence-electron chi connectivity index (χ3n) is 3.24. The highest BCUT2D eigenvalue weighted by molar-refractivity contribution is 5.60. The fourth-order valence-electron chi connectivity index (χ4n) is 2.22. The molecule has 0 bridgehead atoms. The summed E-state index contributed by atoms with van der Waals surface area (Å²) in [5.41, 5.74) is 2.78. The molecule has 0 saturated carbocycles. The second-order valence-electron chi connectivity index (χ2n) is 4.82. The molecule has 0 atom stereocenters. The van der Waals surface area contributed by atoms with E-state index in [1.165, 1.54) is 0 Å². The van der Waals surface area contributed by atoms with E-state index in [2.05, 4.69) is 22.4 Å². The average Bonchev–Trinajstić information content (AvgIpc) is 2.51. The molecule has 0 radical (unpaired) electrons. The maximum Gasteiger partial charge on any atom is 0.101 e. The van der Waals surface area contributed by atoms with Gasteiger partial charge in [0.25, 0.3) is 0 Å². The predicted octanol–water partition coefficient (Wildman–Crippen LogP) is 1.77. The van der Waals surface area contributed by atoms with Crippen LogP contribution in [0.1, 0.15) is 17.5 Å². The molecule has 0 aliphatic heterocycles. The van der Waals surface area contributed by atoms with Crippen molar-refractivity contribution in [3.63, 3.8) is 0 Å². The zero-order valence-corrected chi connectivity index (χ0v) is 13.2. The predicted molar refractivity (Wildman–Crippen MR) is 84.5 cm³/mol. The van der Waals surface area contributed by atoms with Crippen LogP contribution in [-0.2, 0) is 16.0 Å². The number of nitrogens with zero attached hydrogens (tertiary/aromatic N) is 2. The van der Waals surface area contributed by atoms with Crippen LogP contribution in [-0.4, -0.2) is 47.6 Å². The van der Waals surface area contributed by atoms with Gasteiger partial charge >= 0.3 is 0 Å². The summed E-state index contributed by atoms with van der Waals surface area (Å²) in [6.07, 6.45) is 0.920. The van der Waals surface area contributed by atoms with Crippen LogP contribution in [0.3, 0.4) is 0 Å². The van der Waals surface area contributed by atoms with Crippen LogP contribution in [0.5, 0.6) is 0 Å². The highest BCUT2D eigenvalue weighted by Crippen LogP contribution is 2.22. The number of ether oxygens (including phenoxy) is 2. The molecule has 0 aromatic heterocycles. The minimum absolute atomic E-state index is 0.635. The molecule has 1 aromatic carbocycles. The van der Waals surface area contributed by atoms with Crippen molar-refractivity contribution in [1.29, 1.82) is 5.26 Å². The summed E-state index contributed by atoms with van der Waals surface area (Å²) >= 11 is 0. The number of methoxy groups -OCH3 is 2. The van der Waals surface area contributed by atoms with E-state index in [0.717, 1.165) is 37.3 Å². The summed E-state index contributed by atoms with van der Waals surface area (Å²) in [4.78, 5) is 2.18. The lowest BCUT2D eigenvalue weighted by Crippen LogP contribution is -2.29. The van der Waals surface area contributed by atoms with Crippen LogP contribution < -0.4 is 10.2 Å². The summed E-state index contributed by atoms with van der Waals surface area (Å²) in [5.74, 6) is 0. The van der Waals surface area contributed by atoms with Crippen molar-refractivity contribution in [2.45, 2.75) is 13.0 Å². The highest BCUT2D eigenvalue weighted by atomic mass is 16.5. The van der Waals surface area contributed by atoms with Gasteiger partial charge in [0.2, 0.25) is 0 Å². The van der Waals surface area contributed by atoms with Gasteiger partial charge in [0, 0.05) is 40.5 Å². The Bertz CT molecular complexity index is 457. The molecule has 0 saturated heterocycles. The van der Waals surface area contributed by atoms with Crippen LogP contribution in [0.15, 0.2) is 18.2 Å². The lowest BCUT2D eigenvalue weighted by Gasteiger charge is -2.25. The van der Waals surface area contributed by atoms with Gasteiger partial charge in [-0.05, 0) is 31.2 Å². The smallest absolute Gasteiger partial charge is 0.101 e. The molecule has 1 N–H and O–H groups in total. The molecule has 0 fully saturated rings. The Labute approximate surface area is 127 Å². The Morgan fingerprint density at radius 1 is 1.19 bits per heavy atom. The monoisotopic (exact) mass is 291 g/mol. The van der Waals surface area contributed by atoms with Crippen molar-refractivity contribution in [2.75, 3.05) is 52.5 Å². The second kappa shape index (κ2) is 10.2. The van der Waals surface area contributed by atoms with E-state index in [9.17, 15) is 5.26 Å². The summed E-state index contributed by atoms with van der Waals surface area (Å²) < 4.78 is 10.3. The Balaban J connectivity index is 2.91. The third kappa shape index (κ3) is 5.72. The molecule has 0 heterocycles. The van der Waals surface area contributed by atoms with Crippen molar-refractivity contribution in [1.82, 2.24) is 5.32 Å². The molecular weight excluding hydrogens is 266 g/mol. The summed E-state index contributed by atoms with van der Waals surface area (Å²) in [7, 11) is 5.29. The minimum Gasteiger partial charge on any atom is -0.385 e. The zero-order valence-electron chi connectivity index (χ0n) is 13.2. The van der Waals surface area contributed by atoms with Crippen molar-refractivity contribution < 1.29 is 9.47 Å². The quantitative estimate of drug-likeness (QED) is 0.666. The van der Waals surface area contributed by atoms with Crippen molar-refractivity contribution in [2.24, 2.45) is 0 Å². The van der Waals surface area contributed by atoms with E-state index in [1.807, 2.05) is 19.2 Å². The average molecular weight is 291 g/mol. The number of nitrogens with one attached hydrogen (secondary N) is 1. The molecule has 1 aromatic rings. The fourth-order valence-corrected chi connectivity index (χ4v) is 2.22. The molecule has 5 nitrogen and oxygen atoms in total. The van der Waals surface area contributed by atoms with Crippen LogP contribution in [0.4, 0.5) is 5.69 Å². The van der Waals surface area contributed by atoms with Gasteiger partial charge in [-0.3, -0.25) is 0 Å². The van der Waals surface area contributed by atoms with Crippen LogP contribution in [0.25, 0.3) is 0 Å². The molecule has 1 rings (SSSR count). The van der Waals surface area contributed by atoms with Crippen molar-refractivity contribution >= 4 is 5.69 Å². The van der Waals surface area contributed by atoms with E-state index in [1.54, 1.807) is 14.2 Å². The number of rotatable bonds is 10. The molecule has 21 heavy (non-hydrogen) atoms. The van der Waals surface area contributed by atoms with Gasteiger partial charge in [0.15, 0.2) is 0 Å². The maximum atomic E-state index is 9.40. The number of benzene rings is 1. The second-order valence-corrected chi connectivity index (χ2v) is 4.82. The molecule has 0 amide bonds. The molecule has 0 spiro atoms. The first-order valence-corrected chi connectivity index (χ1v) is 7.17. The Morgan fingerprint density at radius 2 is 1.95 bits per heavy atom. The number of hydrogen-bond donors (Lipinski definition) is 1. The molecule has 0 unspecified atom stereocenters. The first kappa shape index (κ1) is 17.4. The van der Waals surface area contributed by atoms with Gasteiger partial charge in [-0.15, -0.1) is 0 Å². The third-order valence-corrected chi connectivity index (χ3v) is 3.24. The van der Waals surface area contributed by atoms with E-state index in [4.69, 9.17) is 9.47 Å². The van der Waals surface area contributed by atoms with Gasteiger partial charge < -0.3 is 19.7 Å². The minimum atomic E-state index is 0.635. The van der Waals surface area contributed by atoms with E-state index in [0.29, 0.717) is 18.8 Å². The van der Waals surface area contributed by atoms with Gasteiger partial charge in [0.1, 0.15) is 6.07 Å². The lowest BCUT2D eigenvalue weighted by molar-refractivity contribution is 0.191. The number of nitriles is 1. The van der Waals surface area contributed by atoms with E-state index < -0.39 is 0 Å². The number of hydrogen-bond acceptors (Lipinski definition) is 5. The van der Waals surface area contributed by atoms with Crippen LogP contribution >= 0.6 is 0 Å². The van der Waals surface area contributed by atoms with Gasteiger partial charge in [-0.2, -0.15) is 5.26 Å². The van der Waals surface area contributed by atoms with Gasteiger partial charge in [-0.1, -0.05) is 6.07 Å². The Hall–Kier alpha value is -1.61. The zero-order chi connectivity index (χ0) is 15.5. The topological polar surface area (TPSA) is 57.5 Å². The largest absolute Gasteiger partial charge is 0.385 e. The van der Waals surface area contributed by atoms with E-state index in [-0.39, 0.29) is 0 Å². The highest BCUT2D eigenvalue weighted by Gasteiger charge is 2.11. The first-order valence-electron chi connectivity index (χ1n) is 7.17. The first-order chi connectivity index (χ1) is 10.3. The van der Waals surface area contributed by atoms with Crippen LogP contribution in [0.2, 0.25) is 0 Å². The summed E-state index contributed by atoms with van der Waals surface area (Å²) in [6, 6.07) is 8.33. The molecular formula is C16H25N3O2. The normalized spacial score (nSPS) is 10.4. The molecule has 0 aliphatic rings. The summed E-state index contributed by atoms with van der Waals surface area (Å²) in [5, 5.41) is 12.5. The lowest BCUT2D eigenvalue weighted by atomic mass is 10.1. The Kier molecular flexibility index (Phi) is 8.44. The Morgan fingerprint density at radius 3 is 2.57 bits per heavy atom. The standard InChI is InChI=1S/C16H25N3O2/c1-18-13-14-5-6-16(15(11-14)12-17)19(8-10-21-3)7-4-9-20-2/h5-6,11,18H,4,7-10,13H2,1-3H3. The van der Waals surface area contributed by atoms with Gasteiger partial charge in [-0.25, -0.2) is 0 Å². The van der Waals surface area contributed by atoms with Crippen molar-refractivity contribution in [3.8, 4) is 6.07 Å². The number of anilines is 1.